The standard InChI is InChI=1S/C12H17NO/c1-14-8-12(13)11-6-9-4-2-3-5-10(9)7-11/h2-5,11-12H,6-8,13H2,1H3. The highest BCUT2D eigenvalue weighted by Crippen LogP contribution is 2.27. The van der Waals surface area contributed by atoms with Gasteiger partial charge in [0, 0.05) is 13.2 Å². The van der Waals surface area contributed by atoms with E-state index in [4.69, 9.17) is 10.5 Å². The van der Waals surface area contributed by atoms with Gasteiger partial charge in [-0.3, -0.25) is 0 Å². The average molecular weight is 191 g/mol. The Labute approximate surface area is 85.1 Å². The molecule has 0 saturated carbocycles. The number of fused-ring (bicyclic) bond motifs is 1. The second kappa shape index (κ2) is 4.11. The molecule has 2 N–H and O–H groups in total. The first-order chi connectivity index (χ1) is 6.81. The Morgan fingerprint density at radius 2 is 1.93 bits per heavy atom. The van der Waals surface area contributed by atoms with Crippen LogP contribution in [0.4, 0.5) is 0 Å². The molecule has 1 aromatic carbocycles. The monoisotopic (exact) mass is 191 g/mol. The minimum atomic E-state index is 0.174. The van der Waals surface area contributed by atoms with Crippen LogP contribution in [0.2, 0.25) is 0 Å². The zero-order chi connectivity index (χ0) is 9.97. The van der Waals surface area contributed by atoms with Crippen LogP contribution in [0, 0.1) is 5.92 Å². The molecule has 0 amide bonds. The van der Waals surface area contributed by atoms with Crippen LogP contribution in [0.25, 0.3) is 0 Å². The first-order valence-electron chi connectivity index (χ1n) is 5.12. The fourth-order valence-electron chi connectivity index (χ4n) is 2.22. The van der Waals surface area contributed by atoms with E-state index >= 15 is 0 Å². The molecule has 2 nitrogen and oxygen atoms in total. The van der Waals surface area contributed by atoms with Gasteiger partial charge in [0.15, 0.2) is 0 Å². The van der Waals surface area contributed by atoms with Crippen molar-refractivity contribution in [1.29, 1.82) is 0 Å². The molecule has 0 spiro atoms. The van der Waals surface area contributed by atoms with Crippen molar-refractivity contribution in [2.24, 2.45) is 11.7 Å². The predicted octanol–water partition coefficient (Wildman–Crippen LogP) is 1.38. The summed E-state index contributed by atoms with van der Waals surface area (Å²) >= 11 is 0. The van der Waals surface area contributed by atoms with Gasteiger partial charge in [-0.2, -0.15) is 0 Å². The smallest absolute Gasteiger partial charge is 0.0616 e. The third-order valence-corrected chi connectivity index (χ3v) is 3.05. The molecular formula is C12H17NO. The van der Waals surface area contributed by atoms with Gasteiger partial charge in [-0.05, 0) is 29.9 Å². The summed E-state index contributed by atoms with van der Waals surface area (Å²) in [6, 6.07) is 8.78. The average Bonchev–Trinajstić information content (AvgIpc) is 2.61. The molecule has 2 rings (SSSR count). The van der Waals surface area contributed by atoms with Crippen molar-refractivity contribution in [3.05, 3.63) is 35.4 Å². The second-order valence-corrected chi connectivity index (χ2v) is 4.06. The van der Waals surface area contributed by atoms with Crippen molar-refractivity contribution in [3.8, 4) is 0 Å². The molecule has 14 heavy (non-hydrogen) atoms. The van der Waals surface area contributed by atoms with E-state index in [1.807, 2.05) is 0 Å². The first-order valence-corrected chi connectivity index (χ1v) is 5.12. The van der Waals surface area contributed by atoms with Crippen LogP contribution < -0.4 is 5.73 Å². The van der Waals surface area contributed by atoms with E-state index in [0.717, 1.165) is 12.8 Å². The Balaban J connectivity index is 2.04. The topological polar surface area (TPSA) is 35.2 Å². The third kappa shape index (κ3) is 1.81. The number of methoxy groups -OCH3 is 1. The lowest BCUT2D eigenvalue weighted by Crippen LogP contribution is -2.34. The lowest BCUT2D eigenvalue weighted by atomic mass is 9.98. The SMILES string of the molecule is COCC(N)C1Cc2ccccc2C1. The molecule has 0 saturated heterocycles. The van der Waals surface area contributed by atoms with Gasteiger partial charge in [0.1, 0.15) is 0 Å². The highest BCUT2D eigenvalue weighted by atomic mass is 16.5. The summed E-state index contributed by atoms with van der Waals surface area (Å²) in [4.78, 5) is 0. The predicted molar refractivity (Wildman–Crippen MR) is 57.2 cm³/mol. The summed E-state index contributed by atoms with van der Waals surface area (Å²) < 4.78 is 5.09. The van der Waals surface area contributed by atoms with Gasteiger partial charge in [-0.25, -0.2) is 0 Å². The third-order valence-electron chi connectivity index (χ3n) is 3.05. The van der Waals surface area contributed by atoms with Crippen molar-refractivity contribution in [2.75, 3.05) is 13.7 Å². The van der Waals surface area contributed by atoms with E-state index in [9.17, 15) is 0 Å². The Bertz CT molecular complexity index is 286. The number of hydrogen-bond donors (Lipinski definition) is 1. The molecule has 1 aliphatic carbocycles. The fourth-order valence-corrected chi connectivity index (χ4v) is 2.22. The number of hydrogen-bond acceptors (Lipinski definition) is 2. The Kier molecular flexibility index (Phi) is 2.85. The molecule has 1 aliphatic rings. The van der Waals surface area contributed by atoms with E-state index in [1.165, 1.54) is 11.1 Å². The highest BCUT2D eigenvalue weighted by Gasteiger charge is 2.25. The Hall–Kier alpha value is -0.860. The van der Waals surface area contributed by atoms with Gasteiger partial charge >= 0.3 is 0 Å². The molecule has 2 heteroatoms. The van der Waals surface area contributed by atoms with E-state index in [1.54, 1.807) is 7.11 Å². The highest BCUT2D eigenvalue weighted by molar-refractivity contribution is 5.32. The van der Waals surface area contributed by atoms with Gasteiger partial charge in [-0.1, -0.05) is 24.3 Å². The number of nitrogens with two attached hydrogens (primary N) is 1. The number of rotatable bonds is 3. The summed E-state index contributed by atoms with van der Waals surface area (Å²) in [6.45, 7) is 0.665. The molecule has 0 bridgehead atoms. The summed E-state index contributed by atoms with van der Waals surface area (Å²) in [5.41, 5.74) is 8.97. The van der Waals surface area contributed by atoms with Crippen LogP contribution in [-0.2, 0) is 17.6 Å². The van der Waals surface area contributed by atoms with Crippen LogP contribution in [0.1, 0.15) is 11.1 Å². The molecule has 0 aliphatic heterocycles. The maximum Gasteiger partial charge on any atom is 0.0616 e. The molecule has 1 aromatic rings. The van der Waals surface area contributed by atoms with Crippen molar-refractivity contribution in [1.82, 2.24) is 0 Å². The molecular weight excluding hydrogens is 174 g/mol. The van der Waals surface area contributed by atoms with Gasteiger partial charge in [0.25, 0.3) is 0 Å². The van der Waals surface area contributed by atoms with Gasteiger partial charge in [0.2, 0.25) is 0 Å². The largest absolute Gasteiger partial charge is 0.383 e. The lowest BCUT2D eigenvalue weighted by molar-refractivity contribution is 0.159. The molecule has 76 valence electrons. The van der Waals surface area contributed by atoms with Gasteiger partial charge in [0.05, 0.1) is 6.61 Å². The Morgan fingerprint density at radius 3 is 2.43 bits per heavy atom. The van der Waals surface area contributed by atoms with E-state index in [-0.39, 0.29) is 6.04 Å². The molecule has 0 fully saturated rings. The maximum absolute atomic E-state index is 6.04. The quantitative estimate of drug-likeness (QED) is 0.783. The minimum Gasteiger partial charge on any atom is -0.383 e. The molecule has 0 radical (unpaired) electrons. The normalized spacial score (nSPS) is 18.1. The summed E-state index contributed by atoms with van der Waals surface area (Å²) in [7, 11) is 1.71. The van der Waals surface area contributed by atoms with E-state index < -0.39 is 0 Å². The van der Waals surface area contributed by atoms with Crippen LogP contribution in [0.3, 0.4) is 0 Å². The van der Waals surface area contributed by atoms with Crippen LogP contribution >= 0.6 is 0 Å². The maximum atomic E-state index is 6.04. The van der Waals surface area contributed by atoms with Crippen LogP contribution in [0.5, 0.6) is 0 Å². The molecule has 1 unspecified atom stereocenters. The zero-order valence-corrected chi connectivity index (χ0v) is 8.57. The van der Waals surface area contributed by atoms with Crippen LogP contribution in [0.15, 0.2) is 24.3 Å². The van der Waals surface area contributed by atoms with Gasteiger partial charge < -0.3 is 10.5 Å². The fraction of sp³-hybridized carbons (Fsp3) is 0.500. The van der Waals surface area contributed by atoms with E-state index in [2.05, 4.69) is 24.3 Å². The molecule has 0 heterocycles. The first kappa shape index (κ1) is 9.69. The summed E-state index contributed by atoms with van der Waals surface area (Å²) in [6.07, 6.45) is 2.22. The second-order valence-electron chi connectivity index (χ2n) is 4.06. The van der Waals surface area contributed by atoms with E-state index in [0.29, 0.717) is 12.5 Å². The number of ether oxygens (including phenoxy) is 1. The summed E-state index contributed by atoms with van der Waals surface area (Å²) in [5.74, 6) is 0.562. The Morgan fingerprint density at radius 1 is 1.36 bits per heavy atom. The molecule has 0 aromatic heterocycles. The van der Waals surface area contributed by atoms with Crippen molar-refractivity contribution in [3.63, 3.8) is 0 Å². The van der Waals surface area contributed by atoms with Crippen LogP contribution in [-0.4, -0.2) is 19.8 Å². The van der Waals surface area contributed by atoms with Gasteiger partial charge in [-0.15, -0.1) is 0 Å². The lowest BCUT2D eigenvalue weighted by Gasteiger charge is -2.17. The minimum absolute atomic E-state index is 0.174. The van der Waals surface area contributed by atoms with Crippen molar-refractivity contribution >= 4 is 0 Å². The zero-order valence-electron chi connectivity index (χ0n) is 8.57. The summed E-state index contributed by atoms with van der Waals surface area (Å²) in [5, 5.41) is 0. The van der Waals surface area contributed by atoms with Crippen molar-refractivity contribution in [2.45, 2.75) is 18.9 Å². The molecule has 1 atom stereocenters. The number of benzene rings is 1. The van der Waals surface area contributed by atoms with Crippen molar-refractivity contribution < 1.29 is 4.74 Å².